The molecule has 4 aliphatic heterocycles. The molecule has 0 saturated carbocycles. The average Bonchev–Trinajstić information content (AvgIpc) is 3.86. The van der Waals surface area contributed by atoms with Crippen molar-refractivity contribution in [3.05, 3.63) is 112 Å². The molecule has 9 rings (SSSR count). The molecule has 0 bridgehead atoms. The number of amides is 6. The molecule has 366 valence electrons. The van der Waals surface area contributed by atoms with Gasteiger partial charge in [-0.25, -0.2) is 8.78 Å². The summed E-state index contributed by atoms with van der Waals surface area (Å²) in [5, 5.41) is 19.9. The fourth-order valence-corrected chi connectivity index (χ4v) is 9.27. The van der Waals surface area contributed by atoms with Gasteiger partial charge in [0.2, 0.25) is 17.7 Å². The summed E-state index contributed by atoms with van der Waals surface area (Å²) < 4.78 is 44.7. The number of hydrogen-bond acceptors (Lipinski definition) is 13. The monoisotopic (exact) mass is 961 g/mol. The molecule has 4 aromatic carbocycles. The van der Waals surface area contributed by atoms with Crippen LogP contribution >= 0.6 is 0 Å². The highest BCUT2D eigenvalue weighted by Gasteiger charge is 2.45. The van der Waals surface area contributed by atoms with Crippen molar-refractivity contribution >= 4 is 69.2 Å². The summed E-state index contributed by atoms with van der Waals surface area (Å²) in [4.78, 5) is 82.5. The molecule has 1 atom stereocenters. The average molecular weight is 962 g/mol. The van der Waals surface area contributed by atoms with Crippen LogP contribution in [0.25, 0.3) is 10.9 Å². The van der Waals surface area contributed by atoms with Crippen LogP contribution in [-0.2, 0) is 35.0 Å². The zero-order valence-electron chi connectivity index (χ0n) is 38.3. The number of carbonyl (C=O) groups excluding carboxylic acids is 6. The van der Waals surface area contributed by atoms with E-state index in [1.165, 1.54) is 18.2 Å². The zero-order chi connectivity index (χ0) is 48.7. The number of aromatic nitrogens is 2. The van der Waals surface area contributed by atoms with Crippen LogP contribution < -0.4 is 26.2 Å². The van der Waals surface area contributed by atoms with Crippen molar-refractivity contribution in [2.45, 2.75) is 50.6 Å². The minimum absolute atomic E-state index is 0.0147. The van der Waals surface area contributed by atoms with E-state index in [1.807, 2.05) is 35.2 Å². The van der Waals surface area contributed by atoms with Crippen molar-refractivity contribution in [1.82, 2.24) is 25.3 Å². The van der Waals surface area contributed by atoms with E-state index in [4.69, 9.17) is 14.2 Å². The van der Waals surface area contributed by atoms with Crippen molar-refractivity contribution in [2.24, 2.45) is 0 Å². The molecule has 0 radical (unpaired) electrons. The van der Waals surface area contributed by atoms with Gasteiger partial charge < -0.3 is 40.0 Å². The number of aromatic amines is 1. The molecule has 0 spiro atoms. The van der Waals surface area contributed by atoms with E-state index in [2.05, 4.69) is 36.4 Å². The Morgan fingerprint density at radius 3 is 2.34 bits per heavy atom. The third-order valence-electron chi connectivity index (χ3n) is 12.9. The Kier molecular flexibility index (Phi) is 14.7. The van der Waals surface area contributed by atoms with Gasteiger partial charge in [-0.15, -0.1) is 0 Å². The lowest BCUT2D eigenvalue weighted by Crippen LogP contribution is -2.54. The summed E-state index contributed by atoms with van der Waals surface area (Å²) in [6.45, 7) is 4.81. The van der Waals surface area contributed by atoms with Gasteiger partial charge in [-0.2, -0.15) is 5.10 Å². The molecule has 20 heteroatoms. The maximum Gasteiger partial charge on any atom is 0.264 e. The Morgan fingerprint density at radius 2 is 1.57 bits per heavy atom. The Morgan fingerprint density at radius 1 is 0.800 bits per heavy atom. The fraction of sp³-hybridized carbons (Fsp3) is 0.380. The van der Waals surface area contributed by atoms with E-state index in [1.54, 1.807) is 18.2 Å². The Hall–Kier alpha value is -7.29. The second kappa shape index (κ2) is 21.6. The first-order valence-corrected chi connectivity index (χ1v) is 23.5. The number of nitrogens with zero attached hydrogens (tertiary/aromatic N) is 4. The van der Waals surface area contributed by atoms with Crippen molar-refractivity contribution in [3.8, 4) is 0 Å². The van der Waals surface area contributed by atoms with Crippen molar-refractivity contribution in [2.75, 3.05) is 93.2 Å². The van der Waals surface area contributed by atoms with Gasteiger partial charge in [-0.1, -0.05) is 12.1 Å². The highest BCUT2D eigenvalue weighted by Crippen LogP contribution is 2.33. The molecule has 5 N–H and O–H groups in total. The number of imide groups is 2. The highest BCUT2D eigenvalue weighted by molar-refractivity contribution is 6.25. The summed E-state index contributed by atoms with van der Waals surface area (Å²) in [5.41, 5.74) is 4.78. The topological polar surface area (TPSA) is 217 Å². The number of benzene rings is 4. The molecule has 4 aliphatic rings. The van der Waals surface area contributed by atoms with E-state index in [0.717, 1.165) is 35.1 Å². The molecule has 18 nitrogen and oxygen atoms in total. The summed E-state index contributed by atoms with van der Waals surface area (Å²) in [5.74, 6) is -3.61. The molecule has 3 saturated heterocycles. The number of anilines is 4. The molecule has 5 aromatic rings. The highest BCUT2D eigenvalue weighted by atomic mass is 19.1. The third-order valence-corrected chi connectivity index (χ3v) is 12.9. The van der Waals surface area contributed by atoms with Crippen molar-refractivity contribution in [1.29, 1.82) is 0 Å². The van der Waals surface area contributed by atoms with Gasteiger partial charge >= 0.3 is 0 Å². The predicted octanol–water partition coefficient (Wildman–Crippen LogP) is 4.86. The second-order valence-electron chi connectivity index (χ2n) is 17.6. The Labute approximate surface area is 401 Å². The van der Waals surface area contributed by atoms with Gasteiger partial charge in [0.1, 0.15) is 17.7 Å². The lowest BCUT2D eigenvalue weighted by Gasteiger charge is -2.36. The largest absolute Gasteiger partial charge is 0.382 e. The summed E-state index contributed by atoms with van der Waals surface area (Å²) in [7, 11) is 0. The smallest absolute Gasteiger partial charge is 0.264 e. The molecule has 1 aromatic heterocycles. The van der Waals surface area contributed by atoms with E-state index in [0.29, 0.717) is 85.2 Å². The minimum atomic E-state index is -1.05. The molecule has 3 fully saturated rings. The molecule has 70 heavy (non-hydrogen) atoms. The van der Waals surface area contributed by atoms with Crippen molar-refractivity contribution in [3.63, 3.8) is 0 Å². The normalized spacial score (nSPS) is 17.5. The molecule has 6 amide bonds. The fourth-order valence-electron chi connectivity index (χ4n) is 9.27. The third kappa shape index (κ3) is 10.9. The first kappa shape index (κ1) is 47.8. The van der Waals surface area contributed by atoms with E-state index in [9.17, 15) is 37.5 Å². The van der Waals surface area contributed by atoms with Crippen LogP contribution in [0.2, 0.25) is 0 Å². The van der Waals surface area contributed by atoms with E-state index < -0.39 is 41.3 Å². The SMILES string of the molecule is O=C1CCC(N2C(=O)c3cccc(NCCOCCOCCC(=O)N4CCN(c5ccc(C(=O)Nc6n[nH]c7ccc(Cc8cc(F)cc(F)c8)cc67)c(NC6CCOCC6)c5)CC4)c3C2=O)C(=O)N1. The number of fused-ring (bicyclic) bond motifs is 2. The number of piperazine rings is 1. The quantitative estimate of drug-likeness (QED) is 0.0587. The standard InChI is InChI=1S/C50H53F2N9O9/c51-32-25-31(26-33(52)28-32)24-30-4-7-39-38(27-30)46(58-57-39)56-47(64)36-6-5-35(29-41(36)54-34-10-18-68-19-11-34)59-14-16-60(17-15-59)44(63)12-20-69-22-23-70-21-13-53-40-3-1-2-37-45(40)50(67)61(49(37)66)42-8-9-43(62)55-48(42)65/h1-7,25-29,34,42,53-54H,8-24H2,(H,55,62,65)(H2,56,57,58,64). The molecule has 1 unspecified atom stereocenters. The Balaban J connectivity index is 0.721. The molecular weight excluding hydrogens is 909 g/mol. The molecule has 0 aliphatic carbocycles. The van der Waals surface area contributed by atoms with Gasteiger partial charge in [-0.05, 0) is 91.4 Å². The van der Waals surface area contributed by atoms with Gasteiger partial charge in [0.05, 0.1) is 55.1 Å². The van der Waals surface area contributed by atoms with Crippen LogP contribution in [0.5, 0.6) is 0 Å². The number of halogens is 2. The summed E-state index contributed by atoms with van der Waals surface area (Å²) in [6, 6.07) is 18.5. The first-order chi connectivity index (χ1) is 34.0. The lowest BCUT2D eigenvalue weighted by molar-refractivity contribution is -0.136. The second-order valence-corrected chi connectivity index (χ2v) is 17.6. The number of nitrogens with one attached hydrogen (secondary N) is 5. The van der Waals surface area contributed by atoms with Crippen LogP contribution in [0.1, 0.15) is 74.3 Å². The molecular formula is C50H53F2N9O9. The predicted molar refractivity (Wildman–Crippen MR) is 254 cm³/mol. The number of ether oxygens (including phenoxy) is 3. The van der Waals surface area contributed by atoms with Gasteiger partial charge in [0, 0.05) is 86.9 Å². The van der Waals surface area contributed by atoms with Crippen molar-refractivity contribution < 1.29 is 51.8 Å². The van der Waals surface area contributed by atoms with E-state index in [-0.39, 0.29) is 81.1 Å². The van der Waals surface area contributed by atoms with Crippen LogP contribution in [0.4, 0.5) is 31.7 Å². The summed E-state index contributed by atoms with van der Waals surface area (Å²) in [6.07, 6.45) is 2.18. The van der Waals surface area contributed by atoms with Gasteiger partial charge in [-0.3, -0.25) is 44.1 Å². The number of H-pyrrole nitrogens is 1. The maximum absolute atomic E-state index is 14.0. The first-order valence-electron chi connectivity index (χ1n) is 23.5. The number of piperidine rings is 1. The lowest BCUT2D eigenvalue weighted by atomic mass is 10.0. The van der Waals surface area contributed by atoms with Crippen LogP contribution in [-0.4, -0.2) is 140 Å². The van der Waals surface area contributed by atoms with Crippen LogP contribution in [0.3, 0.4) is 0 Å². The van der Waals surface area contributed by atoms with Crippen LogP contribution in [0.15, 0.2) is 72.8 Å². The Bertz CT molecular complexity index is 2790. The molecule has 5 heterocycles. The van der Waals surface area contributed by atoms with Crippen LogP contribution in [0, 0.1) is 11.6 Å². The van der Waals surface area contributed by atoms with E-state index >= 15 is 0 Å². The van der Waals surface area contributed by atoms with Gasteiger partial charge in [0.25, 0.3) is 17.7 Å². The summed E-state index contributed by atoms with van der Waals surface area (Å²) >= 11 is 0. The zero-order valence-corrected chi connectivity index (χ0v) is 38.3. The number of rotatable bonds is 18. The minimum Gasteiger partial charge on any atom is -0.382 e. The maximum atomic E-state index is 14.0. The number of hydrogen-bond donors (Lipinski definition) is 5. The van der Waals surface area contributed by atoms with Gasteiger partial charge in [0.15, 0.2) is 5.82 Å². The number of carbonyl (C=O) groups is 6.